The van der Waals surface area contributed by atoms with E-state index in [0.717, 1.165) is 12.4 Å². The summed E-state index contributed by atoms with van der Waals surface area (Å²) >= 11 is 0. The summed E-state index contributed by atoms with van der Waals surface area (Å²) in [5, 5.41) is 7.41. The van der Waals surface area contributed by atoms with Gasteiger partial charge in [-0.05, 0) is 19.0 Å². The minimum atomic E-state index is 0.201. The molecule has 1 heterocycles. The fourth-order valence-corrected chi connectivity index (χ4v) is 2.34. The van der Waals surface area contributed by atoms with Gasteiger partial charge in [0.15, 0.2) is 5.82 Å². The van der Waals surface area contributed by atoms with Crippen LogP contribution in [0.15, 0.2) is 28.8 Å². The molecule has 0 bridgehead atoms. The Bertz CT molecular complexity index is 548. The van der Waals surface area contributed by atoms with Gasteiger partial charge in [0.1, 0.15) is 0 Å². The molecular weight excluding hydrogens is 266 g/mol. The quantitative estimate of drug-likeness (QED) is 0.806. The molecule has 1 atom stereocenters. The molecule has 1 aromatic carbocycles. The molecule has 2 rings (SSSR count). The Balaban J connectivity index is 1.97. The summed E-state index contributed by atoms with van der Waals surface area (Å²) in [6, 6.07) is 8.55. The first-order valence-electron chi connectivity index (χ1n) is 7.30. The van der Waals surface area contributed by atoms with Crippen molar-refractivity contribution < 1.29 is 9.26 Å². The van der Waals surface area contributed by atoms with Crippen LogP contribution in [0.2, 0.25) is 0 Å². The zero-order valence-corrected chi connectivity index (χ0v) is 12.9. The zero-order chi connectivity index (χ0) is 15.1. The molecule has 0 aliphatic carbocycles. The lowest BCUT2D eigenvalue weighted by Gasteiger charge is -2.14. The normalized spacial score (nSPS) is 12.5. The van der Waals surface area contributed by atoms with E-state index >= 15 is 0 Å². The van der Waals surface area contributed by atoms with Crippen molar-refractivity contribution in [2.75, 3.05) is 20.3 Å². The summed E-state index contributed by atoms with van der Waals surface area (Å²) in [5.74, 6) is 1.38. The maximum Gasteiger partial charge on any atom is 0.228 e. The minimum absolute atomic E-state index is 0.201. The monoisotopic (exact) mass is 289 g/mol. The topological polar surface area (TPSA) is 60.2 Å². The van der Waals surface area contributed by atoms with Crippen molar-refractivity contribution in [3.05, 3.63) is 47.1 Å². The third kappa shape index (κ3) is 4.95. The van der Waals surface area contributed by atoms with E-state index < -0.39 is 0 Å². The van der Waals surface area contributed by atoms with E-state index in [4.69, 9.17) is 9.26 Å². The van der Waals surface area contributed by atoms with Crippen molar-refractivity contribution in [2.24, 2.45) is 0 Å². The molecule has 0 radical (unpaired) electrons. The standard InChI is InChI=1S/C16H23N3O2/c1-4-17-14(11-20-3)10-16-18-15(19-21-16)9-13-7-5-6-12(2)8-13/h5-8,14,17H,4,9-11H2,1-3H3. The first kappa shape index (κ1) is 15.7. The van der Waals surface area contributed by atoms with Crippen molar-refractivity contribution >= 4 is 0 Å². The molecule has 2 aromatic rings. The van der Waals surface area contributed by atoms with E-state index in [1.165, 1.54) is 11.1 Å². The van der Waals surface area contributed by atoms with Crippen LogP contribution in [0.5, 0.6) is 0 Å². The van der Waals surface area contributed by atoms with Gasteiger partial charge in [0.2, 0.25) is 5.89 Å². The van der Waals surface area contributed by atoms with Gasteiger partial charge >= 0.3 is 0 Å². The summed E-state index contributed by atoms with van der Waals surface area (Å²) in [4.78, 5) is 4.47. The number of benzene rings is 1. The lowest BCUT2D eigenvalue weighted by Crippen LogP contribution is -2.35. The van der Waals surface area contributed by atoms with E-state index in [-0.39, 0.29) is 6.04 Å². The number of hydrogen-bond donors (Lipinski definition) is 1. The second kappa shape index (κ2) is 7.90. The number of aryl methyl sites for hydroxylation is 1. The molecular formula is C16H23N3O2. The van der Waals surface area contributed by atoms with Gasteiger partial charge in [0.05, 0.1) is 6.61 Å². The molecule has 5 nitrogen and oxygen atoms in total. The van der Waals surface area contributed by atoms with Crippen molar-refractivity contribution in [3.8, 4) is 0 Å². The average Bonchev–Trinajstić information content (AvgIpc) is 2.86. The lowest BCUT2D eigenvalue weighted by atomic mass is 10.1. The smallest absolute Gasteiger partial charge is 0.228 e. The van der Waals surface area contributed by atoms with Crippen molar-refractivity contribution in [1.82, 2.24) is 15.5 Å². The highest BCUT2D eigenvalue weighted by Crippen LogP contribution is 2.10. The highest BCUT2D eigenvalue weighted by atomic mass is 16.5. The minimum Gasteiger partial charge on any atom is -0.383 e. The molecule has 1 N–H and O–H groups in total. The van der Waals surface area contributed by atoms with Gasteiger partial charge in [0, 0.05) is 26.0 Å². The Morgan fingerprint density at radius 3 is 2.95 bits per heavy atom. The number of likely N-dealkylation sites (N-methyl/N-ethyl adjacent to an activating group) is 1. The van der Waals surface area contributed by atoms with Crippen LogP contribution in [-0.2, 0) is 17.6 Å². The van der Waals surface area contributed by atoms with Gasteiger partial charge < -0.3 is 14.6 Å². The Labute approximate surface area is 125 Å². The molecule has 0 amide bonds. The summed E-state index contributed by atoms with van der Waals surface area (Å²) in [5.41, 5.74) is 2.44. The predicted octanol–water partition coefficient (Wildman–Crippen LogP) is 2.14. The van der Waals surface area contributed by atoms with Crippen LogP contribution in [0.1, 0.15) is 29.8 Å². The van der Waals surface area contributed by atoms with E-state index in [1.54, 1.807) is 7.11 Å². The maximum atomic E-state index is 5.33. The van der Waals surface area contributed by atoms with Gasteiger partial charge in [-0.25, -0.2) is 0 Å². The molecule has 5 heteroatoms. The molecule has 0 saturated carbocycles. The summed E-state index contributed by atoms with van der Waals surface area (Å²) in [6.45, 7) is 5.66. The summed E-state index contributed by atoms with van der Waals surface area (Å²) in [7, 11) is 1.70. The fraction of sp³-hybridized carbons (Fsp3) is 0.500. The summed E-state index contributed by atoms with van der Waals surface area (Å²) in [6.07, 6.45) is 1.38. The third-order valence-electron chi connectivity index (χ3n) is 3.24. The molecule has 0 spiro atoms. The number of methoxy groups -OCH3 is 1. The van der Waals surface area contributed by atoms with Crippen LogP contribution in [0, 0.1) is 6.92 Å². The number of rotatable bonds is 8. The number of aromatic nitrogens is 2. The largest absolute Gasteiger partial charge is 0.383 e. The second-order valence-electron chi connectivity index (χ2n) is 5.18. The first-order valence-corrected chi connectivity index (χ1v) is 7.30. The molecule has 0 aliphatic heterocycles. The van der Waals surface area contributed by atoms with Crippen molar-refractivity contribution in [3.63, 3.8) is 0 Å². The van der Waals surface area contributed by atoms with E-state index in [1.807, 2.05) is 6.07 Å². The second-order valence-corrected chi connectivity index (χ2v) is 5.18. The van der Waals surface area contributed by atoms with Crippen LogP contribution in [0.3, 0.4) is 0 Å². The van der Waals surface area contributed by atoms with Crippen LogP contribution in [0.4, 0.5) is 0 Å². The molecule has 0 fully saturated rings. The van der Waals surface area contributed by atoms with Crippen LogP contribution in [-0.4, -0.2) is 36.4 Å². The Morgan fingerprint density at radius 1 is 1.38 bits per heavy atom. The average molecular weight is 289 g/mol. The van der Waals surface area contributed by atoms with Crippen molar-refractivity contribution in [2.45, 2.75) is 32.7 Å². The highest BCUT2D eigenvalue weighted by Gasteiger charge is 2.14. The third-order valence-corrected chi connectivity index (χ3v) is 3.24. The molecule has 0 aliphatic rings. The van der Waals surface area contributed by atoms with Crippen molar-refractivity contribution in [1.29, 1.82) is 0 Å². The Morgan fingerprint density at radius 2 is 2.24 bits per heavy atom. The van der Waals surface area contributed by atoms with Gasteiger partial charge in [-0.15, -0.1) is 0 Å². The lowest BCUT2D eigenvalue weighted by molar-refractivity contribution is 0.162. The molecule has 0 saturated heterocycles. The molecule has 1 unspecified atom stereocenters. The zero-order valence-electron chi connectivity index (χ0n) is 12.9. The predicted molar refractivity (Wildman–Crippen MR) is 81.3 cm³/mol. The SMILES string of the molecule is CCNC(COC)Cc1nc(Cc2cccc(C)c2)no1. The van der Waals surface area contributed by atoms with Crippen LogP contribution >= 0.6 is 0 Å². The van der Waals surface area contributed by atoms with Gasteiger partial charge in [-0.2, -0.15) is 4.98 Å². The van der Waals surface area contributed by atoms with E-state index in [9.17, 15) is 0 Å². The summed E-state index contributed by atoms with van der Waals surface area (Å²) < 4.78 is 10.5. The fourth-order valence-electron chi connectivity index (χ4n) is 2.34. The Hall–Kier alpha value is -1.72. The van der Waals surface area contributed by atoms with E-state index in [0.29, 0.717) is 25.3 Å². The van der Waals surface area contributed by atoms with E-state index in [2.05, 4.69) is 47.5 Å². The van der Waals surface area contributed by atoms with Gasteiger partial charge in [-0.3, -0.25) is 0 Å². The number of nitrogens with one attached hydrogen (secondary N) is 1. The Kier molecular flexibility index (Phi) is 5.90. The number of nitrogens with zero attached hydrogens (tertiary/aromatic N) is 2. The first-order chi connectivity index (χ1) is 10.2. The number of hydrogen-bond acceptors (Lipinski definition) is 5. The highest BCUT2D eigenvalue weighted by molar-refractivity contribution is 5.24. The van der Waals surface area contributed by atoms with Gasteiger partial charge in [-0.1, -0.05) is 41.9 Å². The molecule has 21 heavy (non-hydrogen) atoms. The van der Waals surface area contributed by atoms with Crippen LogP contribution in [0.25, 0.3) is 0 Å². The van der Waals surface area contributed by atoms with Gasteiger partial charge in [0.25, 0.3) is 0 Å². The molecule has 114 valence electrons. The number of ether oxygens (including phenoxy) is 1. The maximum absolute atomic E-state index is 5.33. The molecule has 1 aromatic heterocycles. The van der Waals surface area contributed by atoms with Crippen LogP contribution < -0.4 is 5.32 Å².